The zero-order valence-electron chi connectivity index (χ0n) is 11.7. The first-order valence-corrected chi connectivity index (χ1v) is 7.42. The number of hydrogen-bond donors (Lipinski definition) is 2. The van der Waals surface area contributed by atoms with E-state index in [2.05, 4.69) is 17.6 Å². The van der Waals surface area contributed by atoms with E-state index in [1.54, 1.807) is 18.2 Å². The van der Waals surface area contributed by atoms with Crippen LogP contribution in [0.5, 0.6) is 5.75 Å². The lowest BCUT2D eigenvalue weighted by atomic mass is 10.00. The molecule has 2 unspecified atom stereocenters. The molecule has 2 N–H and O–H groups in total. The second kappa shape index (κ2) is 8.69. The minimum absolute atomic E-state index is 0. The van der Waals surface area contributed by atoms with Crippen LogP contribution >= 0.6 is 35.6 Å². The first kappa shape index (κ1) is 18.4. The van der Waals surface area contributed by atoms with Crippen LogP contribution in [0, 0.1) is 0 Å². The second-order valence-corrected chi connectivity index (χ2v) is 5.77. The highest BCUT2D eigenvalue weighted by atomic mass is 35.5. The van der Waals surface area contributed by atoms with E-state index in [1.807, 2.05) is 0 Å². The monoisotopic (exact) mass is 352 g/mol. The van der Waals surface area contributed by atoms with Crippen LogP contribution in [0.4, 0.5) is 0 Å². The van der Waals surface area contributed by atoms with Gasteiger partial charge in [0.25, 0.3) is 5.91 Å². The molecule has 1 aromatic rings. The van der Waals surface area contributed by atoms with Gasteiger partial charge in [0, 0.05) is 17.1 Å². The molecule has 1 aliphatic rings. The van der Waals surface area contributed by atoms with E-state index in [4.69, 9.17) is 27.9 Å². The van der Waals surface area contributed by atoms with Crippen molar-refractivity contribution in [3.8, 4) is 5.75 Å². The number of carbonyl (C=O) groups is 1. The lowest BCUT2D eigenvalue weighted by molar-refractivity contribution is -0.124. The molecule has 2 atom stereocenters. The van der Waals surface area contributed by atoms with E-state index in [0.717, 1.165) is 19.4 Å². The quantitative estimate of drug-likeness (QED) is 0.874. The van der Waals surface area contributed by atoms with Crippen molar-refractivity contribution in [2.75, 3.05) is 13.2 Å². The van der Waals surface area contributed by atoms with Gasteiger partial charge in [-0.1, -0.05) is 23.2 Å². The largest absolute Gasteiger partial charge is 0.482 e. The van der Waals surface area contributed by atoms with E-state index >= 15 is 0 Å². The second-order valence-electron chi connectivity index (χ2n) is 4.92. The van der Waals surface area contributed by atoms with Crippen LogP contribution in [0.3, 0.4) is 0 Å². The van der Waals surface area contributed by atoms with Gasteiger partial charge in [0.15, 0.2) is 6.61 Å². The Labute approximate surface area is 140 Å². The zero-order chi connectivity index (χ0) is 14.5. The molecule has 1 fully saturated rings. The van der Waals surface area contributed by atoms with Crippen molar-refractivity contribution in [1.29, 1.82) is 0 Å². The molecule has 21 heavy (non-hydrogen) atoms. The van der Waals surface area contributed by atoms with Gasteiger partial charge in [-0.25, -0.2) is 0 Å². The molecule has 1 saturated heterocycles. The maximum Gasteiger partial charge on any atom is 0.258 e. The molecule has 118 valence electrons. The van der Waals surface area contributed by atoms with Gasteiger partial charge < -0.3 is 15.4 Å². The van der Waals surface area contributed by atoms with Crippen LogP contribution < -0.4 is 15.4 Å². The molecule has 1 heterocycles. The lowest BCUT2D eigenvalue weighted by Gasteiger charge is -2.30. The molecule has 0 saturated carbocycles. The topological polar surface area (TPSA) is 50.4 Å². The van der Waals surface area contributed by atoms with Crippen molar-refractivity contribution in [2.45, 2.75) is 31.8 Å². The Morgan fingerprint density at radius 3 is 2.90 bits per heavy atom. The number of piperidine rings is 1. The van der Waals surface area contributed by atoms with Crippen molar-refractivity contribution < 1.29 is 9.53 Å². The summed E-state index contributed by atoms with van der Waals surface area (Å²) in [5, 5.41) is 7.25. The third kappa shape index (κ3) is 5.55. The molecule has 0 spiro atoms. The molecule has 1 aliphatic heterocycles. The summed E-state index contributed by atoms with van der Waals surface area (Å²) in [4.78, 5) is 11.9. The molecule has 1 amide bonds. The maximum atomic E-state index is 11.9. The fourth-order valence-electron chi connectivity index (χ4n) is 2.23. The van der Waals surface area contributed by atoms with Crippen molar-refractivity contribution in [3.05, 3.63) is 28.2 Å². The SMILES string of the molecule is CC1NCCCC1NC(=O)COc1ccc(Cl)cc1Cl.Cl. The molecular formula is C14H19Cl3N2O2. The van der Waals surface area contributed by atoms with Crippen molar-refractivity contribution in [3.63, 3.8) is 0 Å². The standard InChI is InChI=1S/C14H18Cl2N2O2.ClH/c1-9-12(3-2-6-17-9)18-14(19)8-20-13-5-4-10(15)7-11(13)16;/h4-5,7,9,12,17H,2-3,6,8H2,1H3,(H,18,19);1H. The number of halogens is 3. The molecule has 0 aliphatic carbocycles. The first-order chi connectivity index (χ1) is 9.56. The van der Waals surface area contributed by atoms with Crippen LogP contribution in [-0.2, 0) is 4.79 Å². The molecule has 0 aromatic heterocycles. The minimum atomic E-state index is -0.142. The van der Waals surface area contributed by atoms with Gasteiger partial charge >= 0.3 is 0 Å². The van der Waals surface area contributed by atoms with E-state index < -0.39 is 0 Å². The zero-order valence-corrected chi connectivity index (χ0v) is 14.0. The average molecular weight is 354 g/mol. The Kier molecular flexibility index (Phi) is 7.60. The number of ether oxygens (including phenoxy) is 1. The van der Waals surface area contributed by atoms with Gasteiger partial charge in [-0.05, 0) is 44.5 Å². The Morgan fingerprint density at radius 1 is 1.48 bits per heavy atom. The molecule has 4 nitrogen and oxygen atoms in total. The predicted molar refractivity (Wildman–Crippen MR) is 87.8 cm³/mol. The molecule has 7 heteroatoms. The normalized spacial score (nSPS) is 21.3. The van der Waals surface area contributed by atoms with Gasteiger partial charge in [-0.3, -0.25) is 4.79 Å². The third-order valence-corrected chi connectivity index (χ3v) is 3.89. The molecule has 0 bridgehead atoms. The van der Waals surface area contributed by atoms with E-state index in [0.29, 0.717) is 15.8 Å². The Morgan fingerprint density at radius 2 is 2.24 bits per heavy atom. The molecule has 1 aromatic carbocycles. The Balaban J connectivity index is 0.00000220. The Hall–Kier alpha value is -0.680. The van der Waals surface area contributed by atoms with Crippen LogP contribution in [0.25, 0.3) is 0 Å². The summed E-state index contributed by atoms with van der Waals surface area (Å²) in [6.45, 7) is 3.02. The van der Waals surface area contributed by atoms with E-state index in [-0.39, 0.29) is 37.0 Å². The summed E-state index contributed by atoms with van der Waals surface area (Å²) < 4.78 is 5.41. The fourth-order valence-corrected chi connectivity index (χ4v) is 2.69. The predicted octanol–water partition coefficient (Wildman–Crippen LogP) is 3.05. The summed E-state index contributed by atoms with van der Waals surface area (Å²) in [5.41, 5.74) is 0. The summed E-state index contributed by atoms with van der Waals surface area (Å²) >= 11 is 11.8. The van der Waals surface area contributed by atoms with Gasteiger partial charge in [-0.2, -0.15) is 0 Å². The summed E-state index contributed by atoms with van der Waals surface area (Å²) in [6.07, 6.45) is 2.06. The van der Waals surface area contributed by atoms with Crippen molar-refractivity contribution in [1.82, 2.24) is 10.6 Å². The number of nitrogens with one attached hydrogen (secondary N) is 2. The number of carbonyl (C=O) groups excluding carboxylic acids is 1. The van der Waals surface area contributed by atoms with E-state index in [9.17, 15) is 4.79 Å². The van der Waals surface area contributed by atoms with Gasteiger partial charge in [0.2, 0.25) is 0 Å². The number of amides is 1. The molecular weight excluding hydrogens is 335 g/mol. The Bertz CT molecular complexity index is 485. The number of benzene rings is 1. The van der Waals surface area contributed by atoms with Crippen LogP contribution in [-0.4, -0.2) is 31.1 Å². The first-order valence-electron chi connectivity index (χ1n) is 6.67. The van der Waals surface area contributed by atoms with Gasteiger partial charge in [0.05, 0.1) is 5.02 Å². The highest BCUT2D eigenvalue weighted by Gasteiger charge is 2.22. The number of rotatable bonds is 4. The maximum absolute atomic E-state index is 11.9. The molecule has 2 rings (SSSR count). The van der Waals surface area contributed by atoms with Gasteiger partial charge in [0.1, 0.15) is 5.75 Å². The fraction of sp³-hybridized carbons (Fsp3) is 0.500. The highest BCUT2D eigenvalue weighted by molar-refractivity contribution is 6.35. The summed E-state index contributed by atoms with van der Waals surface area (Å²) in [5.74, 6) is 0.317. The van der Waals surface area contributed by atoms with Gasteiger partial charge in [-0.15, -0.1) is 12.4 Å². The molecule has 0 radical (unpaired) electrons. The van der Waals surface area contributed by atoms with Crippen LogP contribution in [0.2, 0.25) is 10.0 Å². The van der Waals surface area contributed by atoms with Crippen molar-refractivity contribution in [2.24, 2.45) is 0 Å². The lowest BCUT2D eigenvalue weighted by Crippen LogP contribution is -2.52. The van der Waals surface area contributed by atoms with Crippen molar-refractivity contribution >= 4 is 41.5 Å². The number of hydrogen-bond acceptors (Lipinski definition) is 3. The van der Waals surface area contributed by atoms with Crippen LogP contribution in [0.1, 0.15) is 19.8 Å². The van der Waals surface area contributed by atoms with Crippen LogP contribution in [0.15, 0.2) is 18.2 Å². The average Bonchev–Trinajstić information content (AvgIpc) is 2.40. The van der Waals surface area contributed by atoms with E-state index in [1.165, 1.54) is 0 Å². The minimum Gasteiger partial charge on any atom is -0.482 e. The summed E-state index contributed by atoms with van der Waals surface area (Å²) in [6, 6.07) is 5.35. The highest BCUT2D eigenvalue weighted by Crippen LogP contribution is 2.27. The third-order valence-electron chi connectivity index (χ3n) is 3.36. The smallest absolute Gasteiger partial charge is 0.258 e. The summed E-state index contributed by atoms with van der Waals surface area (Å²) in [7, 11) is 0.